The Balaban J connectivity index is 3.62. The van der Waals surface area contributed by atoms with E-state index in [0.717, 1.165) is 77.0 Å². The largest absolute Gasteiger partial charge is 0.394 e. The van der Waals surface area contributed by atoms with Crippen LogP contribution in [-0.4, -0.2) is 34.9 Å². The van der Waals surface area contributed by atoms with Crippen molar-refractivity contribution in [2.24, 2.45) is 0 Å². The number of rotatable bonds is 49. The lowest BCUT2D eigenvalue weighted by Gasteiger charge is -2.19. The molecule has 0 saturated heterocycles. The molecule has 2 unspecified atom stereocenters. The molecule has 0 aliphatic heterocycles. The van der Waals surface area contributed by atoms with Gasteiger partial charge in [0.25, 0.3) is 0 Å². The Bertz CT molecular complexity index is 1190. The molecule has 0 spiro atoms. The van der Waals surface area contributed by atoms with Crippen LogP contribution >= 0.6 is 0 Å². The van der Waals surface area contributed by atoms with Gasteiger partial charge in [-0.3, -0.25) is 4.79 Å². The highest BCUT2D eigenvalue weighted by Gasteiger charge is 2.17. The normalized spacial score (nSPS) is 13.6. The maximum atomic E-state index is 12.5. The van der Waals surface area contributed by atoms with E-state index < -0.39 is 12.1 Å². The standard InChI is InChI=1S/C60H105NO3/c1-3-5-7-9-11-13-15-17-19-21-23-25-27-29-30-32-33-35-37-39-41-43-45-47-49-51-53-55-59(63)58(57-62)61-60(64)56-54-52-50-48-46-44-42-40-38-36-34-31-28-26-24-22-20-18-16-14-12-10-8-6-4-2/h6,8,12,14,18,20,24,26,31,34,37,39,45,47,53,55,58-59,62-63H,3-5,7,9-11,13,15-17,19,21-23,25,27-30,32-33,35-36,38,40-44,46,48-52,54,56-57H2,1-2H3,(H,61,64)/b8-6-,14-12-,20-18-,26-24-,34-31-,39-37+,47-45+,55-53+. The lowest BCUT2D eigenvalue weighted by atomic mass is 10.0. The molecule has 1 amide bonds. The summed E-state index contributed by atoms with van der Waals surface area (Å²) in [7, 11) is 0. The highest BCUT2D eigenvalue weighted by atomic mass is 16.3. The summed E-state index contributed by atoms with van der Waals surface area (Å²) in [6.45, 7) is 4.19. The second-order valence-electron chi connectivity index (χ2n) is 18.2. The van der Waals surface area contributed by atoms with Crippen LogP contribution in [0, 0.1) is 0 Å². The smallest absolute Gasteiger partial charge is 0.220 e. The van der Waals surface area contributed by atoms with Crippen molar-refractivity contribution in [1.82, 2.24) is 5.32 Å². The fraction of sp³-hybridized carbons (Fsp3) is 0.717. The minimum atomic E-state index is -0.880. The number of carbonyl (C=O) groups is 1. The summed E-state index contributed by atoms with van der Waals surface area (Å²) in [5.74, 6) is -0.0868. The van der Waals surface area contributed by atoms with Crippen LogP contribution in [0.25, 0.3) is 0 Å². The average Bonchev–Trinajstić information content (AvgIpc) is 3.30. The number of aliphatic hydroxyl groups is 2. The molecule has 4 heteroatoms. The molecule has 368 valence electrons. The molecular formula is C60H105NO3. The Morgan fingerprint density at radius 3 is 1.09 bits per heavy atom. The van der Waals surface area contributed by atoms with Crippen molar-refractivity contribution in [2.75, 3.05) is 6.61 Å². The van der Waals surface area contributed by atoms with Gasteiger partial charge in [-0.1, -0.05) is 259 Å². The second kappa shape index (κ2) is 54.6. The van der Waals surface area contributed by atoms with E-state index >= 15 is 0 Å². The number of hydrogen-bond donors (Lipinski definition) is 3. The van der Waals surface area contributed by atoms with Gasteiger partial charge in [-0.2, -0.15) is 0 Å². The van der Waals surface area contributed by atoms with Crippen molar-refractivity contribution in [3.63, 3.8) is 0 Å². The fourth-order valence-electron chi connectivity index (χ4n) is 7.88. The van der Waals surface area contributed by atoms with Gasteiger partial charge in [0.15, 0.2) is 0 Å². The van der Waals surface area contributed by atoms with Crippen molar-refractivity contribution in [1.29, 1.82) is 0 Å². The summed E-state index contributed by atoms with van der Waals surface area (Å²) in [6, 6.07) is -0.656. The molecule has 0 aliphatic carbocycles. The summed E-state index contributed by atoms with van der Waals surface area (Å²) in [4.78, 5) is 12.5. The quantitative estimate of drug-likeness (QED) is 0.0421. The van der Waals surface area contributed by atoms with Crippen LogP contribution in [0.15, 0.2) is 97.2 Å². The predicted molar refractivity (Wildman–Crippen MR) is 285 cm³/mol. The zero-order valence-corrected chi connectivity index (χ0v) is 42.3. The summed E-state index contributed by atoms with van der Waals surface area (Å²) in [5, 5.41) is 23.1. The Kier molecular flexibility index (Phi) is 52.3. The zero-order chi connectivity index (χ0) is 46.3. The fourth-order valence-corrected chi connectivity index (χ4v) is 7.88. The first kappa shape index (κ1) is 61.3. The molecule has 0 heterocycles. The predicted octanol–water partition coefficient (Wildman–Crippen LogP) is 18.1. The van der Waals surface area contributed by atoms with E-state index in [4.69, 9.17) is 0 Å². The molecule has 0 radical (unpaired) electrons. The molecule has 0 rings (SSSR count). The van der Waals surface area contributed by atoms with Crippen LogP contribution in [0.4, 0.5) is 0 Å². The lowest BCUT2D eigenvalue weighted by molar-refractivity contribution is -0.123. The number of unbranched alkanes of at least 4 members (excludes halogenated alkanes) is 28. The van der Waals surface area contributed by atoms with Crippen LogP contribution in [0.1, 0.15) is 258 Å². The molecule has 0 aromatic rings. The van der Waals surface area contributed by atoms with Crippen molar-refractivity contribution in [3.8, 4) is 0 Å². The number of nitrogens with one attached hydrogen (secondary N) is 1. The number of carbonyl (C=O) groups excluding carboxylic acids is 1. The van der Waals surface area contributed by atoms with E-state index in [9.17, 15) is 15.0 Å². The average molecular weight is 889 g/mol. The molecular weight excluding hydrogens is 783 g/mol. The third kappa shape index (κ3) is 50.3. The van der Waals surface area contributed by atoms with Crippen molar-refractivity contribution in [2.45, 2.75) is 270 Å². The molecule has 0 aliphatic rings. The highest BCUT2D eigenvalue weighted by Crippen LogP contribution is 2.15. The summed E-state index contributed by atoms with van der Waals surface area (Å²) in [6.07, 6.45) is 81.3. The van der Waals surface area contributed by atoms with Crippen molar-refractivity contribution < 1.29 is 15.0 Å². The molecule has 2 atom stereocenters. The Labute approximate surface area is 398 Å². The maximum absolute atomic E-state index is 12.5. The van der Waals surface area contributed by atoms with Crippen LogP contribution in [0.2, 0.25) is 0 Å². The molecule has 0 aromatic carbocycles. The SMILES string of the molecule is CC/C=C\C/C=C\C/C=C\C/C=C\C/C=C\CCCCCCCCCCCC(=O)NC(CO)C(O)/C=C/CC/C=C/CC/C=C/CCCCCCCCCCCCCCCCCCC. The van der Waals surface area contributed by atoms with E-state index in [1.54, 1.807) is 6.08 Å². The first-order valence-corrected chi connectivity index (χ1v) is 27.5. The van der Waals surface area contributed by atoms with E-state index in [-0.39, 0.29) is 12.5 Å². The summed E-state index contributed by atoms with van der Waals surface area (Å²) < 4.78 is 0. The first-order valence-electron chi connectivity index (χ1n) is 27.5. The van der Waals surface area contributed by atoms with Crippen molar-refractivity contribution in [3.05, 3.63) is 97.2 Å². The number of allylic oxidation sites excluding steroid dienone is 15. The van der Waals surface area contributed by atoms with Crippen LogP contribution in [0.3, 0.4) is 0 Å². The molecule has 64 heavy (non-hydrogen) atoms. The van der Waals surface area contributed by atoms with Gasteiger partial charge in [-0.15, -0.1) is 0 Å². The van der Waals surface area contributed by atoms with Gasteiger partial charge in [0, 0.05) is 6.42 Å². The van der Waals surface area contributed by atoms with Crippen LogP contribution in [0.5, 0.6) is 0 Å². The topological polar surface area (TPSA) is 69.6 Å². The van der Waals surface area contributed by atoms with Gasteiger partial charge < -0.3 is 15.5 Å². The van der Waals surface area contributed by atoms with Gasteiger partial charge >= 0.3 is 0 Å². The van der Waals surface area contributed by atoms with Gasteiger partial charge in [-0.25, -0.2) is 0 Å². The third-order valence-electron chi connectivity index (χ3n) is 12.0. The number of aliphatic hydroxyl groups excluding tert-OH is 2. The minimum Gasteiger partial charge on any atom is -0.394 e. The first-order chi connectivity index (χ1) is 31.7. The second-order valence-corrected chi connectivity index (χ2v) is 18.2. The van der Waals surface area contributed by atoms with Gasteiger partial charge in [0.2, 0.25) is 5.91 Å². The summed E-state index contributed by atoms with van der Waals surface area (Å²) >= 11 is 0. The maximum Gasteiger partial charge on any atom is 0.220 e. The Hall–Kier alpha value is -2.69. The Morgan fingerprint density at radius 1 is 0.391 bits per heavy atom. The zero-order valence-electron chi connectivity index (χ0n) is 42.3. The van der Waals surface area contributed by atoms with Crippen molar-refractivity contribution >= 4 is 5.91 Å². The van der Waals surface area contributed by atoms with E-state index in [1.807, 2.05) is 6.08 Å². The molecule has 0 bridgehead atoms. The lowest BCUT2D eigenvalue weighted by Crippen LogP contribution is -2.45. The van der Waals surface area contributed by atoms with Gasteiger partial charge in [0.1, 0.15) is 0 Å². The number of hydrogen-bond acceptors (Lipinski definition) is 3. The van der Waals surface area contributed by atoms with Crippen LogP contribution in [-0.2, 0) is 4.79 Å². The number of amides is 1. The summed E-state index contributed by atoms with van der Waals surface area (Å²) in [5.41, 5.74) is 0. The molecule has 0 saturated carbocycles. The molecule has 0 fully saturated rings. The van der Waals surface area contributed by atoms with Gasteiger partial charge in [0.05, 0.1) is 18.8 Å². The molecule has 4 nitrogen and oxygen atoms in total. The minimum absolute atomic E-state index is 0.0868. The van der Waals surface area contributed by atoms with E-state index in [2.05, 4.69) is 104 Å². The highest BCUT2D eigenvalue weighted by molar-refractivity contribution is 5.76. The van der Waals surface area contributed by atoms with Crippen LogP contribution < -0.4 is 5.32 Å². The van der Waals surface area contributed by atoms with Gasteiger partial charge in [-0.05, 0) is 89.9 Å². The third-order valence-corrected chi connectivity index (χ3v) is 12.0. The van der Waals surface area contributed by atoms with E-state index in [0.29, 0.717) is 6.42 Å². The van der Waals surface area contributed by atoms with E-state index in [1.165, 1.54) is 161 Å². The monoisotopic (exact) mass is 888 g/mol. The Morgan fingerprint density at radius 2 is 0.703 bits per heavy atom. The molecule has 0 aromatic heterocycles. The molecule has 3 N–H and O–H groups in total.